The number of rotatable bonds is 4. The summed E-state index contributed by atoms with van der Waals surface area (Å²) in [5.74, 6) is -0.425. The van der Waals surface area contributed by atoms with Crippen LogP contribution in [0, 0.1) is 13.8 Å². The number of hydrogen-bond donors (Lipinski definition) is 1. The SMILES string of the molecule is Cc1c(Cl)ccc(C(=O)N2C[C@@H](O)C[C@@H]2c2nc(-c3ccc(OC(F)(F)F)cc3)no2)c1C. The number of ether oxygens (including phenoxy) is 1. The molecule has 1 aliphatic rings. The maximum atomic E-state index is 13.3. The molecule has 2 atom stereocenters. The van der Waals surface area contributed by atoms with Crippen LogP contribution in [-0.2, 0) is 0 Å². The number of aliphatic hydroxyl groups is 1. The van der Waals surface area contributed by atoms with E-state index in [4.69, 9.17) is 16.1 Å². The minimum atomic E-state index is -4.79. The summed E-state index contributed by atoms with van der Waals surface area (Å²) in [6.45, 7) is 3.71. The molecular weight excluding hydrogens is 463 g/mol. The number of alkyl halides is 3. The molecule has 0 radical (unpaired) electrons. The van der Waals surface area contributed by atoms with E-state index >= 15 is 0 Å². The number of likely N-dealkylation sites (tertiary alicyclic amines) is 1. The summed E-state index contributed by atoms with van der Waals surface area (Å²) in [6, 6.07) is 7.63. The van der Waals surface area contributed by atoms with Crippen LogP contribution in [0.25, 0.3) is 11.4 Å². The molecule has 174 valence electrons. The highest BCUT2D eigenvalue weighted by Crippen LogP contribution is 2.35. The largest absolute Gasteiger partial charge is 0.573 e. The molecular formula is C22H19ClF3N3O4. The molecule has 2 aromatic carbocycles. The minimum Gasteiger partial charge on any atom is -0.406 e. The predicted molar refractivity (Wildman–Crippen MR) is 112 cm³/mol. The molecule has 0 saturated carbocycles. The second-order valence-electron chi connectivity index (χ2n) is 7.74. The average Bonchev–Trinajstić information content (AvgIpc) is 3.38. The van der Waals surface area contributed by atoms with Crippen LogP contribution in [0.3, 0.4) is 0 Å². The van der Waals surface area contributed by atoms with Gasteiger partial charge in [0.1, 0.15) is 11.8 Å². The number of amides is 1. The molecule has 2 heterocycles. The van der Waals surface area contributed by atoms with E-state index in [1.165, 1.54) is 17.0 Å². The Balaban J connectivity index is 1.58. The van der Waals surface area contributed by atoms with Crippen molar-refractivity contribution in [3.63, 3.8) is 0 Å². The summed E-state index contributed by atoms with van der Waals surface area (Å²) in [5, 5.41) is 14.7. The second-order valence-corrected chi connectivity index (χ2v) is 8.14. The molecule has 3 aromatic rings. The van der Waals surface area contributed by atoms with Gasteiger partial charge in [0, 0.05) is 29.1 Å². The van der Waals surface area contributed by atoms with Crippen LogP contribution in [0.5, 0.6) is 5.75 Å². The molecule has 1 amide bonds. The highest BCUT2D eigenvalue weighted by atomic mass is 35.5. The molecule has 0 unspecified atom stereocenters. The first-order chi connectivity index (χ1) is 15.5. The minimum absolute atomic E-state index is 0.0891. The van der Waals surface area contributed by atoms with Gasteiger partial charge in [-0.3, -0.25) is 4.79 Å². The first-order valence-electron chi connectivity index (χ1n) is 9.98. The fourth-order valence-corrected chi connectivity index (χ4v) is 3.94. The lowest BCUT2D eigenvalue weighted by molar-refractivity contribution is -0.274. The lowest BCUT2D eigenvalue weighted by atomic mass is 10.0. The van der Waals surface area contributed by atoms with Crippen molar-refractivity contribution in [2.45, 2.75) is 38.8 Å². The first-order valence-corrected chi connectivity index (χ1v) is 10.4. The van der Waals surface area contributed by atoms with Crippen molar-refractivity contribution in [2.24, 2.45) is 0 Å². The average molecular weight is 482 g/mol. The molecule has 33 heavy (non-hydrogen) atoms. The van der Waals surface area contributed by atoms with Gasteiger partial charge in [-0.25, -0.2) is 0 Å². The van der Waals surface area contributed by atoms with Crippen molar-refractivity contribution in [3.05, 3.63) is 64.0 Å². The highest BCUT2D eigenvalue weighted by Gasteiger charge is 2.39. The van der Waals surface area contributed by atoms with E-state index in [0.29, 0.717) is 16.1 Å². The van der Waals surface area contributed by atoms with Gasteiger partial charge in [-0.1, -0.05) is 16.8 Å². The monoisotopic (exact) mass is 481 g/mol. The Morgan fingerprint density at radius 3 is 2.55 bits per heavy atom. The van der Waals surface area contributed by atoms with Crippen LogP contribution in [0.4, 0.5) is 13.2 Å². The lowest BCUT2D eigenvalue weighted by Crippen LogP contribution is -2.32. The molecule has 1 saturated heterocycles. The van der Waals surface area contributed by atoms with E-state index in [-0.39, 0.29) is 36.3 Å². The Hall–Kier alpha value is -3.11. The number of halogens is 4. The Morgan fingerprint density at radius 1 is 1.18 bits per heavy atom. The standard InChI is InChI=1S/C22H19ClF3N3O4/c1-11-12(2)17(23)8-7-16(11)21(31)29-10-14(30)9-18(29)20-27-19(28-33-20)13-3-5-15(6-4-13)32-22(24,25)26/h3-8,14,18,30H,9-10H2,1-2H3/t14-,18+/m0/s1. The predicted octanol–water partition coefficient (Wildman–Crippen LogP) is 4.85. The summed E-state index contributed by atoms with van der Waals surface area (Å²) in [6.07, 6.45) is -5.36. The van der Waals surface area contributed by atoms with E-state index in [1.807, 2.05) is 6.92 Å². The zero-order valence-electron chi connectivity index (χ0n) is 17.6. The molecule has 7 nitrogen and oxygen atoms in total. The Bertz CT molecular complexity index is 1180. The van der Waals surface area contributed by atoms with Gasteiger partial charge in [0.25, 0.3) is 5.91 Å². The normalized spacial score (nSPS) is 18.6. The van der Waals surface area contributed by atoms with Crippen LogP contribution in [-0.4, -0.2) is 45.1 Å². The molecule has 4 rings (SSSR count). The van der Waals surface area contributed by atoms with Crippen molar-refractivity contribution in [3.8, 4) is 17.1 Å². The van der Waals surface area contributed by atoms with Crippen LogP contribution in [0.1, 0.15) is 39.8 Å². The molecule has 1 fully saturated rings. The quantitative estimate of drug-likeness (QED) is 0.573. The Morgan fingerprint density at radius 2 is 1.88 bits per heavy atom. The van der Waals surface area contributed by atoms with Gasteiger partial charge >= 0.3 is 6.36 Å². The van der Waals surface area contributed by atoms with E-state index in [1.54, 1.807) is 19.1 Å². The highest BCUT2D eigenvalue weighted by molar-refractivity contribution is 6.31. The smallest absolute Gasteiger partial charge is 0.406 e. The van der Waals surface area contributed by atoms with Gasteiger partial charge in [0.05, 0.1) is 6.10 Å². The summed E-state index contributed by atoms with van der Waals surface area (Å²) in [4.78, 5) is 19.0. The van der Waals surface area contributed by atoms with Gasteiger partial charge < -0.3 is 19.3 Å². The molecule has 0 spiro atoms. The van der Waals surface area contributed by atoms with Crippen molar-refractivity contribution in [1.82, 2.24) is 15.0 Å². The van der Waals surface area contributed by atoms with Gasteiger partial charge in [-0.05, 0) is 61.4 Å². The van der Waals surface area contributed by atoms with E-state index in [2.05, 4.69) is 14.9 Å². The van der Waals surface area contributed by atoms with E-state index in [9.17, 15) is 23.1 Å². The Kier molecular flexibility index (Phi) is 6.06. The van der Waals surface area contributed by atoms with E-state index < -0.39 is 18.5 Å². The third-order valence-electron chi connectivity index (χ3n) is 5.56. The van der Waals surface area contributed by atoms with Crippen molar-refractivity contribution >= 4 is 17.5 Å². The molecule has 1 aliphatic heterocycles. The van der Waals surface area contributed by atoms with Crippen LogP contribution in [0.15, 0.2) is 40.9 Å². The van der Waals surface area contributed by atoms with E-state index in [0.717, 1.165) is 23.3 Å². The summed E-state index contributed by atoms with van der Waals surface area (Å²) in [5.41, 5.74) is 2.38. The molecule has 0 bridgehead atoms. The van der Waals surface area contributed by atoms with Crippen molar-refractivity contribution in [2.75, 3.05) is 6.54 Å². The number of aromatic nitrogens is 2. The summed E-state index contributed by atoms with van der Waals surface area (Å²) in [7, 11) is 0. The number of aliphatic hydroxyl groups excluding tert-OH is 1. The third-order valence-corrected chi connectivity index (χ3v) is 5.97. The van der Waals surface area contributed by atoms with Gasteiger partial charge in [-0.2, -0.15) is 4.98 Å². The van der Waals surface area contributed by atoms with Gasteiger partial charge in [0.15, 0.2) is 0 Å². The zero-order chi connectivity index (χ0) is 23.9. The Labute approximate surface area is 191 Å². The molecule has 1 aromatic heterocycles. The summed E-state index contributed by atoms with van der Waals surface area (Å²) >= 11 is 6.14. The van der Waals surface area contributed by atoms with Crippen LogP contribution in [0.2, 0.25) is 5.02 Å². The number of benzene rings is 2. The first kappa shape index (κ1) is 23.1. The van der Waals surface area contributed by atoms with Crippen molar-refractivity contribution < 1.29 is 32.3 Å². The maximum absolute atomic E-state index is 13.3. The van der Waals surface area contributed by atoms with Crippen molar-refractivity contribution in [1.29, 1.82) is 0 Å². The fraction of sp³-hybridized carbons (Fsp3) is 0.318. The van der Waals surface area contributed by atoms with Gasteiger partial charge in [0.2, 0.25) is 11.7 Å². The van der Waals surface area contributed by atoms with Crippen LogP contribution >= 0.6 is 11.6 Å². The number of nitrogens with zero attached hydrogens (tertiary/aromatic N) is 3. The number of carbonyl (C=O) groups excluding carboxylic acids is 1. The van der Waals surface area contributed by atoms with Crippen LogP contribution < -0.4 is 4.74 Å². The fourth-order valence-electron chi connectivity index (χ4n) is 3.74. The number of carbonyl (C=O) groups is 1. The zero-order valence-corrected chi connectivity index (χ0v) is 18.3. The van der Waals surface area contributed by atoms with Gasteiger partial charge in [-0.15, -0.1) is 13.2 Å². The lowest BCUT2D eigenvalue weighted by Gasteiger charge is -2.23. The second kappa shape index (κ2) is 8.68. The topological polar surface area (TPSA) is 88.7 Å². The number of β-amino-alcohol motifs (C(OH)–C–C–N with tert-alkyl or cyclic N) is 1. The summed E-state index contributed by atoms with van der Waals surface area (Å²) < 4.78 is 46.2. The number of hydrogen-bond acceptors (Lipinski definition) is 6. The third kappa shape index (κ3) is 4.81. The molecule has 0 aliphatic carbocycles. The molecule has 1 N–H and O–H groups in total. The maximum Gasteiger partial charge on any atom is 0.573 e. The molecule has 11 heteroatoms.